The van der Waals surface area contributed by atoms with E-state index in [-0.39, 0.29) is 19.9 Å². The minimum atomic E-state index is -3.83. The van der Waals surface area contributed by atoms with Crippen LogP contribution in [0.2, 0.25) is 4.47 Å². The summed E-state index contributed by atoms with van der Waals surface area (Å²) in [5.74, 6) is -1.12. The standard InChI is InChI=1S/C11H9ClN2O4S2/c1-6-7(10(15)16)3-2-4-8(6)14-20(17,18)9-5-13-11(12)19-9/h2-5,14H,1H3,(H,15,16). The van der Waals surface area contributed by atoms with Gasteiger partial charge in [-0.1, -0.05) is 29.0 Å². The summed E-state index contributed by atoms with van der Waals surface area (Å²) in [5.41, 5.74) is 0.571. The number of thiazole rings is 1. The van der Waals surface area contributed by atoms with Gasteiger partial charge >= 0.3 is 5.97 Å². The van der Waals surface area contributed by atoms with E-state index in [0.29, 0.717) is 5.56 Å². The largest absolute Gasteiger partial charge is 0.478 e. The van der Waals surface area contributed by atoms with E-state index in [0.717, 1.165) is 17.5 Å². The minimum Gasteiger partial charge on any atom is -0.478 e. The molecule has 1 aromatic heterocycles. The van der Waals surface area contributed by atoms with Gasteiger partial charge < -0.3 is 5.11 Å². The average Bonchev–Trinajstić information content (AvgIpc) is 2.79. The molecule has 1 heterocycles. The maximum Gasteiger partial charge on any atom is 0.336 e. The molecular formula is C11H9ClN2O4S2. The highest BCUT2D eigenvalue weighted by molar-refractivity contribution is 7.94. The summed E-state index contributed by atoms with van der Waals surface area (Å²) in [6.07, 6.45) is 1.14. The van der Waals surface area contributed by atoms with Crippen LogP contribution in [0.5, 0.6) is 0 Å². The number of carboxylic acids is 1. The van der Waals surface area contributed by atoms with Crippen molar-refractivity contribution in [2.45, 2.75) is 11.1 Å². The lowest BCUT2D eigenvalue weighted by atomic mass is 10.1. The summed E-state index contributed by atoms with van der Waals surface area (Å²) >= 11 is 6.42. The Balaban J connectivity index is 2.40. The molecule has 0 aliphatic carbocycles. The quantitative estimate of drug-likeness (QED) is 0.897. The fourth-order valence-corrected chi connectivity index (χ4v) is 3.95. The van der Waals surface area contributed by atoms with Gasteiger partial charge in [0.05, 0.1) is 17.4 Å². The number of carboxylic acid groups (broad SMARTS) is 1. The van der Waals surface area contributed by atoms with E-state index in [9.17, 15) is 13.2 Å². The van der Waals surface area contributed by atoms with Gasteiger partial charge in [0.2, 0.25) is 0 Å². The first-order valence-corrected chi connectivity index (χ1v) is 7.96. The minimum absolute atomic E-state index is 0.0348. The van der Waals surface area contributed by atoms with E-state index in [1.165, 1.54) is 25.1 Å². The molecule has 0 atom stereocenters. The summed E-state index contributed by atoms with van der Waals surface area (Å²) in [7, 11) is -3.83. The molecule has 2 rings (SSSR count). The predicted molar refractivity (Wildman–Crippen MR) is 76.1 cm³/mol. The van der Waals surface area contributed by atoms with E-state index in [4.69, 9.17) is 16.7 Å². The zero-order chi connectivity index (χ0) is 14.9. The van der Waals surface area contributed by atoms with Crippen molar-refractivity contribution in [1.29, 1.82) is 0 Å². The molecule has 0 unspecified atom stereocenters. The number of nitrogens with zero attached hydrogens (tertiary/aromatic N) is 1. The highest BCUT2D eigenvalue weighted by Crippen LogP contribution is 2.26. The maximum atomic E-state index is 12.1. The fourth-order valence-electron chi connectivity index (χ4n) is 1.54. The normalized spacial score (nSPS) is 11.3. The SMILES string of the molecule is Cc1c(NS(=O)(=O)c2cnc(Cl)s2)cccc1C(=O)O. The molecule has 0 aliphatic rings. The van der Waals surface area contributed by atoms with Gasteiger partial charge in [-0.2, -0.15) is 0 Å². The van der Waals surface area contributed by atoms with Crippen LogP contribution in [0.25, 0.3) is 0 Å². The first kappa shape index (κ1) is 14.8. The van der Waals surface area contributed by atoms with Crippen LogP contribution >= 0.6 is 22.9 Å². The van der Waals surface area contributed by atoms with Gasteiger partial charge in [0.1, 0.15) is 0 Å². The van der Waals surface area contributed by atoms with Gasteiger partial charge in [0.15, 0.2) is 8.68 Å². The number of rotatable bonds is 4. The second kappa shape index (κ2) is 5.39. The van der Waals surface area contributed by atoms with Crippen molar-refractivity contribution in [2.24, 2.45) is 0 Å². The number of halogens is 1. The van der Waals surface area contributed by atoms with Crippen molar-refractivity contribution in [3.8, 4) is 0 Å². The van der Waals surface area contributed by atoms with Crippen LogP contribution in [-0.4, -0.2) is 24.5 Å². The molecule has 6 nitrogen and oxygen atoms in total. The van der Waals surface area contributed by atoms with Gasteiger partial charge in [0, 0.05) is 0 Å². The van der Waals surface area contributed by atoms with Crippen molar-refractivity contribution < 1.29 is 18.3 Å². The van der Waals surface area contributed by atoms with Crippen LogP contribution in [0.15, 0.2) is 28.6 Å². The molecule has 0 spiro atoms. The summed E-state index contributed by atoms with van der Waals surface area (Å²) < 4.78 is 26.6. The van der Waals surface area contributed by atoms with Crippen LogP contribution in [0.4, 0.5) is 5.69 Å². The third-order valence-corrected chi connectivity index (χ3v) is 5.47. The number of sulfonamides is 1. The lowest BCUT2D eigenvalue weighted by Crippen LogP contribution is -2.13. The van der Waals surface area contributed by atoms with Crippen molar-refractivity contribution in [3.05, 3.63) is 40.0 Å². The number of aromatic carboxylic acids is 1. The molecule has 1 aromatic carbocycles. The average molecular weight is 333 g/mol. The van der Waals surface area contributed by atoms with E-state index in [1.54, 1.807) is 0 Å². The van der Waals surface area contributed by atoms with E-state index in [2.05, 4.69) is 9.71 Å². The Morgan fingerprint density at radius 3 is 2.70 bits per heavy atom. The topological polar surface area (TPSA) is 96.4 Å². The highest BCUT2D eigenvalue weighted by Gasteiger charge is 2.20. The van der Waals surface area contributed by atoms with Crippen LogP contribution in [0.1, 0.15) is 15.9 Å². The Labute approximate surface area is 124 Å². The predicted octanol–water partition coefficient (Wildman–Crippen LogP) is 2.60. The summed E-state index contributed by atoms with van der Waals surface area (Å²) in [4.78, 5) is 14.7. The van der Waals surface area contributed by atoms with Crippen LogP contribution in [0, 0.1) is 6.92 Å². The van der Waals surface area contributed by atoms with E-state index in [1.807, 2.05) is 0 Å². The second-order valence-corrected chi connectivity index (χ2v) is 7.34. The van der Waals surface area contributed by atoms with Crippen molar-refractivity contribution in [3.63, 3.8) is 0 Å². The lowest BCUT2D eigenvalue weighted by molar-refractivity contribution is 0.0696. The number of benzene rings is 1. The summed E-state index contributed by atoms with van der Waals surface area (Å²) in [6, 6.07) is 4.36. The van der Waals surface area contributed by atoms with Gasteiger partial charge in [-0.3, -0.25) is 4.72 Å². The van der Waals surface area contributed by atoms with Crippen molar-refractivity contribution >= 4 is 44.6 Å². The molecule has 0 amide bonds. The Morgan fingerprint density at radius 2 is 2.15 bits per heavy atom. The number of anilines is 1. The van der Waals surface area contributed by atoms with Crippen LogP contribution in [0.3, 0.4) is 0 Å². The maximum absolute atomic E-state index is 12.1. The first-order valence-electron chi connectivity index (χ1n) is 5.28. The number of nitrogens with one attached hydrogen (secondary N) is 1. The monoisotopic (exact) mass is 332 g/mol. The zero-order valence-corrected chi connectivity index (χ0v) is 12.5. The number of aromatic nitrogens is 1. The molecule has 0 saturated carbocycles. The van der Waals surface area contributed by atoms with Crippen LogP contribution in [-0.2, 0) is 10.0 Å². The molecular weight excluding hydrogens is 324 g/mol. The zero-order valence-electron chi connectivity index (χ0n) is 10.1. The fraction of sp³-hybridized carbons (Fsp3) is 0.0909. The molecule has 0 radical (unpaired) electrons. The first-order chi connectivity index (χ1) is 9.31. The number of hydrogen-bond acceptors (Lipinski definition) is 5. The lowest BCUT2D eigenvalue weighted by Gasteiger charge is -2.10. The van der Waals surface area contributed by atoms with E-state index >= 15 is 0 Å². The molecule has 0 aliphatic heterocycles. The van der Waals surface area contributed by atoms with E-state index < -0.39 is 16.0 Å². The molecule has 106 valence electrons. The molecule has 2 N–H and O–H groups in total. The van der Waals surface area contributed by atoms with Crippen LogP contribution < -0.4 is 4.72 Å². The smallest absolute Gasteiger partial charge is 0.336 e. The molecule has 2 aromatic rings. The Kier molecular flexibility index (Phi) is 3.98. The summed E-state index contributed by atoms with van der Waals surface area (Å²) in [6.45, 7) is 1.53. The van der Waals surface area contributed by atoms with Crippen molar-refractivity contribution in [1.82, 2.24) is 4.98 Å². The Hall–Kier alpha value is -1.64. The van der Waals surface area contributed by atoms with Gasteiger partial charge in [-0.25, -0.2) is 18.2 Å². The third kappa shape index (κ3) is 2.92. The third-order valence-electron chi connectivity index (χ3n) is 2.53. The van der Waals surface area contributed by atoms with Crippen molar-refractivity contribution in [2.75, 3.05) is 4.72 Å². The van der Waals surface area contributed by atoms with Gasteiger partial charge in [-0.15, -0.1) is 0 Å². The molecule has 0 bridgehead atoms. The second-order valence-electron chi connectivity index (χ2n) is 3.82. The Bertz CT molecular complexity index is 770. The number of hydrogen-bond donors (Lipinski definition) is 2. The Morgan fingerprint density at radius 1 is 1.45 bits per heavy atom. The van der Waals surface area contributed by atoms with Gasteiger partial charge in [0.25, 0.3) is 10.0 Å². The van der Waals surface area contributed by atoms with Gasteiger partial charge in [-0.05, 0) is 24.6 Å². The molecule has 9 heteroatoms. The number of carbonyl (C=O) groups is 1. The molecule has 0 fully saturated rings. The summed E-state index contributed by atoms with van der Waals surface area (Å²) in [5, 5.41) is 9.01. The molecule has 0 saturated heterocycles. The molecule has 20 heavy (non-hydrogen) atoms. The highest BCUT2D eigenvalue weighted by atomic mass is 35.5.